The van der Waals surface area contributed by atoms with Gasteiger partial charge in [-0.25, -0.2) is 0 Å². The van der Waals surface area contributed by atoms with Gasteiger partial charge in [0.1, 0.15) is 0 Å². The number of nitrogens with zero attached hydrogens (tertiary/aromatic N) is 1. The lowest BCUT2D eigenvalue weighted by Gasteiger charge is -2.16. The van der Waals surface area contributed by atoms with E-state index in [1.54, 1.807) is 7.05 Å². The van der Waals surface area contributed by atoms with Gasteiger partial charge < -0.3 is 10.0 Å². The Morgan fingerprint density at radius 3 is 2.74 bits per heavy atom. The second-order valence-electron chi connectivity index (χ2n) is 4.87. The fraction of sp³-hybridized carbons (Fsp3) is 0.429. The molecule has 1 saturated carbocycles. The number of carboxylic acid groups (broad SMARTS) is 1. The standard InChI is InChI=1S/C14H16ClNO3/c1-16(7-6-13(17)18)14(19)11-8-10(11)9-4-2-3-5-12(9)15/h2-5,10-11H,6-8H2,1H3,(H,17,18)/t10-,11+/m1/s1. The van der Waals surface area contributed by atoms with Crippen molar-refractivity contribution in [3.8, 4) is 0 Å². The summed E-state index contributed by atoms with van der Waals surface area (Å²) < 4.78 is 0. The number of rotatable bonds is 5. The van der Waals surface area contributed by atoms with Crippen LogP contribution >= 0.6 is 11.6 Å². The van der Waals surface area contributed by atoms with Crippen molar-refractivity contribution in [1.82, 2.24) is 4.90 Å². The van der Waals surface area contributed by atoms with Crippen LogP contribution in [0.2, 0.25) is 5.02 Å². The molecule has 0 spiro atoms. The molecule has 1 aliphatic carbocycles. The van der Waals surface area contributed by atoms with Crippen LogP contribution in [0, 0.1) is 5.92 Å². The zero-order chi connectivity index (χ0) is 14.0. The zero-order valence-corrected chi connectivity index (χ0v) is 11.4. The summed E-state index contributed by atoms with van der Waals surface area (Å²) in [5.74, 6) is -0.767. The lowest BCUT2D eigenvalue weighted by atomic mass is 10.1. The first-order valence-corrected chi connectivity index (χ1v) is 6.59. The Balaban J connectivity index is 1.94. The van der Waals surface area contributed by atoms with Gasteiger partial charge in [0.25, 0.3) is 0 Å². The van der Waals surface area contributed by atoms with Gasteiger partial charge in [-0.2, -0.15) is 0 Å². The van der Waals surface area contributed by atoms with Gasteiger partial charge in [0.2, 0.25) is 5.91 Å². The maximum absolute atomic E-state index is 12.1. The normalized spacial score (nSPS) is 20.9. The zero-order valence-electron chi connectivity index (χ0n) is 10.7. The van der Waals surface area contributed by atoms with Gasteiger partial charge >= 0.3 is 5.97 Å². The molecule has 0 aliphatic heterocycles. The van der Waals surface area contributed by atoms with E-state index in [4.69, 9.17) is 16.7 Å². The minimum absolute atomic E-state index is 0.00571. The first-order valence-electron chi connectivity index (χ1n) is 6.22. The highest BCUT2D eigenvalue weighted by atomic mass is 35.5. The highest BCUT2D eigenvalue weighted by Gasteiger charge is 2.45. The van der Waals surface area contributed by atoms with Gasteiger partial charge in [0.05, 0.1) is 6.42 Å². The number of amides is 1. The van der Waals surface area contributed by atoms with E-state index in [9.17, 15) is 9.59 Å². The molecule has 1 fully saturated rings. The van der Waals surface area contributed by atoms with Crippen molar-refractivity contribution in [1.29, 1.82) is 0 Å². The van der Waals surface area contributed by atoms with Gasteiger partial charge in [-0.3, -0.25) is 9.59 Å². The van der Waals surface area contributed by atoms with E-state index >= 15 is 0 Å². The monoisotopic (exact) mass is 281 g/mol. The summed E-state index contributed by atoms with van der Waals surface area (Å²) in [6, 6.07) is 7.54. The third kappa shape index (κ3) is 3.26. The van der Waals surface area contributed by atoms with E-state index in [0.717, 1.165) is 12.0 Å². The molecule has 102 valence electrons. The maximum atomic E-state index is 12.1. The Kier molecular flexibility index (Phi) is 4.10. The number of carbonyl (C=O) groups is 2. The Labute approximate surface area is 117 Å². The molecule has 19 heavy (non-hydrogen) atoms. The molecule has 0 bridgehead atoms. The van der Waals surface area contributed by atoms with Gasteiger partial charge in [-0.1, -0.05) is 29.8 Å². The molecular formula is C14H16ClNO3. The van der Waals surface area contributed by atoms with E-state index in [2.05, 4.69) is 0 Å². The highest BCUT2D eigenvalue weighted by Crippen LogP contribution is 2.50. The quantitative estimate of drug-likeness (QED) is 0.901. The first kappa shape index (κ1) is 13.9. The number of carbonyl (C=O) groups excluding carboxylic acids is 1. The van der Waals surface area contributed by atoms with Gasteiger partial charge in [0.15, 0.2) is 0 Å². The number of hydrogen-bond acceptors (Lipinski definition) is 2. The van der Waals surface area contributed by atoms with Crippen LogP contribution < -0.4 is 0 Å². The highest BCUT2D eigenvalue weighted by molar-refractivity contribution is 6.31. The molecule has 0 aromatic heterocycles. The van der Waals surface area contributed by atoms with E-state index < -0.39 is 5.97 Å². The molecule has 1 amide bonds. The number of hydrogen-bond donors (Lipinski definition) is 1. The minimum atomic E-state index is -0.891. The van der Waals surface area contributed by atoms with Crippen molar-refractivity contribution < 1.29 is 14.7 Å². The number of aliphatic carboxylic acids is 1. The average molecular weight is 282 g/mol. The number of carboxylic acids is 1. The van der Waals surface area contributed by atoms with Gasteiger partial charge in [0, 0.05) is 24.5 Å². The first-order chi connectivity index (χ1) is 9.00. The van der Waals surface area contributed by atoms with Crippen LogP contribution in [0.4, 0.5) is 0 Å². The van der Waals surface area contributed by atoms with E-state index in [0.29, 0.717) is 5.02 Å². The van der Waals surface area contributed by atoms with Crippen molar-refractivity contribution in [2.24, 2.45) is 5.92 Å². The van der Waals surface area contributed by atoms with Crippen molar-refractivity contribution in [2.45, 2.75) is 18.8 Å². The van der Waals surface area contributed by atoms with Crippen LogP contribution in [0.25, 0.3) is 0 Å². The van der Waals surface area contributed by atoms with Crippen molar-refractivity contribution in [3.05, 3.63) is 34.9 Å². The second kappa shape index (κ2) is 5.61. The molecule has 4 nitrogen and oxygen atoms in total. The minimum Gasteiger partial charge on any atom is -0.481 e. The second-order valence-corrected chi connectivity index (χ2v) is 5.28. The molecule has 0 heterocycles. The SMILES string of the molecule is CN(CCC(=O)O)C(=O)[C@H]1C[C@@H]1c1ccccc1Cl. The molecule has 5 heteroatoms. The van der Waals surface area contributed by atoms with Crippen molar-refractivity contribution >= 4 is 23.5 Å². The third-order valence-corrected chi connectivity index (χ3v) is 3.79. The van der Waals surface area contributed by atoms with Gasteiger partial charge in [-0.15, -0.1) is 0 Å². The van der Waals surface area contributed by atoms with Crippen molar-refractivity contribution in [3.63, 3.8) is 0 Å². The Morgan fingerprint density at radius 2 is 2.11 bits per heavy atom. The van der Waals surface area contributed by atoms with Gasteiger partial charge in [-0.05, 0) is 24.0 Å². The summed E-state index contributed by atoms with van der Waals surface area (Å²) in [6.45, 7) is 0.250. The number of halogens is 1. The van der Waals surface area contributed by atoms with E-state index in [-0.39, 0.29) is 30.7 Å². The average Bonchev–Trinajstić information content (AvgIpc) is 3.15. The number of benzene rings is 1. The predicted molar refractivity (Wildman–Crippen MR) is 72.2 cm³/mol. The summed E-state index contributed by atoms with van der Waals surface area (Å²) >= 11 is 6.11. The molecule has 0 radical (unpaired) electrons. The summed E-state index contributed by atoms with van der Waals surface area (Å²) in [5, 5.41) is 9.30. The van der Waals surface area contributed by atoms with E-state index in [1.807, 2.05) is 24.3 Å². The molecule has 1 aromatic rings. The fourth-order valence-electron chi connectivity index (χ4n) is 2.24. The molecule has 1 aliphatic rings. The Bertz CT molecular complexity index is 503. The van der Waals surface area contributed by atoms with Crippen LogP contribution in [0.5, 0.6) is 0 Å². The van der Waals surface area contributed by atoms with Crippen molar-refractivity contribution in [2.75, 3.05) is 13.6 Å². The summed E-state index contributed by atoms with van der Waals surface area (Å²) in [5.41, 5.74) is 1.01. The molecule has 0 saturated heterocycles. The predicted octanol–water partition coefficient (Wildman–Crippen LogP) is 2.38. The topological polar surface area (TPSA) is 57.6 Å². The fourth-order valence-corrected chi connectivity index (χ4v) is 2.52. The van der Waals surface area contributed by atoms with Crippen LogP contribution in [0.3, 0.4) is 0 Å². The van der Waals surface area contributed by atoms with Crippen LogP contribution in [-0.2, 0) is 9.59 Å². The van der Waals surface area contributed by atoms with E-state index in [1.165, 1.54) is 4.90 Å². The lowest BCUT2D eigenvalue weighted by molar-refractivity contribution is -0.138. The molecule has 1 N–H and O–H groups in total. The smallest absolute Gasteiger partial charge is 0.305 e. The summed E-state index contributed by atoms with van der Waals surface area (Å²) in [4.78, 5) is 24.1. The molecule has 0 unspecified atom stereocenters. The Morgan fingerprint density at radius 1 is 1.42 bits per heavy atom. The summed E-state index contributed by atoms with van der Waals surface area (Å²) in [6.07, 6.45) is 0.770. The van der Waals surface area contributed by atoms with Crippen LogP contribution in [0.1, 0.15) is 24.3 Å². The largest absolute Gasteiger partial charge is 0.481 e. The van der Waals surface area contributed by atoms with Crippen LogP contribution in [0.15, 0.2) is 24.3 Å². The molecule has 2 atom stereocenters. The lowest BCUT2D eigenvalue weighted by Crippen LogP contribution is -2.30. The summed E-state index contributed by atoms with van der Waals surface area (Å²) in [7, 11) is 1.65. The Hall–Kier alpha value is -1.55. The molecular weight excluding hydrogens is 266 g/mol. The molecule has 1 aromatic carbocycles. The van der Waals surface area contributed by atoms with Crippen LogP contribution in [-0.4, -0.2) is 35.5 Å². The maximum Gasteiger partial charge on any atom is 0.305 e. The molecule has 2 rings (SSSR count). The third-order valence-electron chi connectivity index (χ3n) is 3.45.